The number of ketones is 1. The highest BCUT2D eigenvalue weighted by molar-refractivity contribution is 5.91. The van der Waals surface area contributed by atoms with E-state index in [9.17, 15) is 9.59 Å². The van der Waals surface area contributed by atoms with Gasteiger partial charge in [0, 0.05) is 12.3 Å². The number of allylic oxidation sites excluding steroid dienone is 2. The van der Waals surface area contributed by atoms with E-state index in [-0.39, 0.29) is 17.6 Å². The summed E-state index contributed by atoms with van der Waals surface area (Å²) in [6, 6.07) is 10.0. The maximum absolute atomic E-state index is 12.1. The van der Waals surface area contributed by atoms with Crippen molar-refractivity contribution in [3.05, 3.63) is 48.0 Å². The van der Waals surface area contributed by atoms with Gasteiger partial charge in [-0.05, 0) is 36.8 Å². The average Bonchev–Trinajstić information content (AvgIpc) is 2.55. The summed E-state index contributed by atoms with van der Waals surface area (Å²) in [6.45, 7) is 0. The van der Waals surface area contributed by atoms with Crippen LogP contribution in [0.2, 0.25) is 0 Å². The Bertz CT molecular complexity index is 470. The molecule has 0 spiro atoms. The lowest BCUT2D eigenvalue weighted by Crippen LogP contribution is -2.15. The standard InChI is InChI=1S/C19H24O2/c20-15-14-17(16-8-3-1-4-9-16)12-7-13-19(21)18-10-5-2-6-11-18/h1,3-4,7-9,13,15,17-18H,2,5-6,10-12,14H2/b13-7+/t17-/m1/s1. The molecule has 0 amide bonds. The molecule has 0 aromatic heterocycles. The monoisotopic (exact) mass is 284 g/mol. The molecule has 1 aliphatic carbocycles. The fraction of sp³-hybridized carbons (Fsp3) is 0.474. The van der Waals surface area contributed by atoms with Gasteiger partial charge in [-0.2, -0.15) is 0 Å². The van der Waals surface area contributed by atoms with Gasteiger partial charge in [-0.3, -0.25) is 4.79 Å². The summed E-state index contributed by atoms with van der Waals surface area (Å²) in [4.78, 5) is 23.0. The fourth-order valence-electron chi connectivity index (χ4n) is 3.08. The Morgan fingerprint density at radius 3 is 2.48 bits per heavy atom. The van der Waals surface area contributed by atoms with Crippen LogP contribution in [0.5, 0.6) is 0 Å². The second-order valence-electron chi connectivity index (χ2n) is 5.89. The number of benzene rings is 1. The van der Waals surface area contributed by atoms with Crippen molar-refractivity contribution in [1.29, 1.82) is 0 Å². The van der Waals surface area contributed by atoms with Crippen LogP contribution in [0.25, 0.3) is 0 Å². The second kappa shape index (κ2) is 8.56. The number of aldehydes is 1. The second-order valence-corrected chi connectivity index (χ2v) is 5.89. The molecule has 0 heterocycles. The van der Waals surface area contributed by atoms with Crippen molar-refractivity contribution in [1.82, 2.24) is 0 Å². The lowest BCUT2D eigenvalue weighted by Gasteiger charge is -2.18. The zero-order chi connectivity index (χ0) is 14.9. The van der Waals surface area contributed by atoms with E-state index >= 15 is 0 Å². The molecule has 0 radical (unpaired) electrons. The van der Waals surface area contributed by atoms with Crippen LogP contribution in [-0.4, -0.2) is 12.1 Å². The Morgan fingerprint density at radius 2 is 1.81 bits per heavy atom. The molecule has 0 unspecified atom stereocenters. The first-order chi connectivity index (χ1) is 10.3. The number of hydrogen-bond donors (Lipinski definition) is 0. The van der Waals surface area contributed by atoms with E-state index in [1.165, 1.54) is 24.8 Å². The van der Waals surface area contributed by atoms with E-state index in [0.717, 1.165) is 25.5 Å². The van der Waals surface area contributed by atoms with Crippen molar-refractivity contribution in [2.45, 2.75) is 50.9 Å². The van der Waals surface area contributed by atoms with Gasteiger partial charge in [-0.15, -0.1) is 0 Å². The van der Waals surface area contributed by atoms with E-state index in [4.69, 9.17) is 0 Å². The average molecular weight is 284 g/mol. The van der Waals surface area contributed by atoms with Gasteiger partial charge in [0.1, 0.15) is 6.29 Å². The Hall–Kier alpha value is -1.70. The van der Waals surface area contributed by atoms with Crippen molar-refractivity contribution < 1.29 is 9.59 Å². The molecule has 1 fully saturated rings. The van der Waals surface area contributed by atoms with E-state index in [1.807, 2.05) is 36.4 Å². The lowest BCUT2D eigenvalue weighted by atomic mass is 9.85. The molecular weight excluding hydrogens is 260 g/mol. The maximum atomic E-state index is 12.1. The van der Waals surface area contributed by atoms with E-state index in [0.29, 0.717) is 6.42 Å². The molecule has 2 rings (SSSR count). The molecule has 1 aromatic rings. The molecule has 0 N–H and O–H groups in total. The molecule has 0 bridgehead atoms. The Balaban J connectivity index is 1.90. The minimum absolute atomic E-state index is 0.180. The van der Waals surface area contributed by atoms with Crippen molar-refractivity contribution in [3.63, 3.8) is 0 Å². The normalized spacial score (nSPS) is 17.7. The van der Waals surface area contributed by atoms with Gasteiger partial charge >= 0.3 is 0 Å². The van der Waals surface area contributed by atoms with Crippen molar-refractivity contribution >= 4 is 12.1 Å². The molecule has 112 valence electrons. The summed E-state index contributed by atoms with van der Waals surface area (Å²) in [5, 5.41) is 0. The molecule has 2 nitrogen and oxygen atoms in total. The number of rotatable bonds is 7. The minimum Gasteiger partial charge on any atom is -0.303 e. The first kappa shape index (κ1) is 15.7. The SMILES string of the molecule is O=CC[C@@H](C/C=C/C(=O)C1CCCCC1)c1ccccc1. The van der Waals surface area contributed by atoms with Crippen LogP contribution >= 0.6 is 0 Å². The van der Waals surface area contributed by atoms with Crippen molar-refractivity contribution in [2.24, 2.45) is 5.92 Å². The lowest BCUT2D eigenvalue weighted by molar-refractivity contribution is -0.119. The third-order valence-corrected chi connectivity index (χ3v) is 4.36. The fourth-order valence-corrected chi connectivity index (χ4v) is 3.08. The van der Waals surface area contributed by atoms with Crippen LogP contribution < -0.4 is 0 Å². The molecule has 1 aliphatic rings. The van der Waals surface area contributed by atoms with Gasteiger partial charge < -0.3 is 4.79 Å². The zero-order valence-corrected chi connectivity index (χ0v) is 12.5. The highest BCUT2D eigenvalue weighted by atomic mass is 16.1. The summed E-state index contributed by atoms with van der Waals surface area (Å²) >= 11 is 0. The van der Waals surface area contributed by atoms with Gasteiger partial charge in [-0.1, -0.05) is 55.7 Å². The molecule has 21 heavy (non-hydrogen) atoms. The van der Waals surface area contributed by atoms with Gasteiger partial charge in [0.25, 0.3) is 0 Å². The highest BCUT2D eigenvalue weighted by Gasteiger charge is 2.18. The quantitative estimate of drug-likeness (QED) is 0.547. The Kier molecular flexibility index (Phi) is 6.39. The van der Waals surface area contributed by atoms with Crippen LogP contribution in [-0.2, 0) is 9.59 Å². The first-order valence-electron chi connectivity index (χ1n) is 8.00. The Morgan fingerprint density at radius 1 is 1.10 bits per heavy atom. The van der Waals surface area contributed by atoms with Crippen LogP contribution in [0.1, 0.15) is 56.4 Å². The molecular formula is C19H24O2. The first-order valence-corrected chi connectivity index (χ1v) is 8.00. The minimum atomic E-state index is 0.180. The highest BCUT2D eigenvalue weighted by Crippen LogP contribution is 2.26. The molecule has 1 aromatic carbocycles. The third-order valence-electron chi connectivity index (χ3n) is 4.36. The summed E-state index contributed by atoms with van der Waals surface area (Å²) in [7, 11) is 0. The van der Waals surface area contributed by atoms with Gasteiger partial charge in [0.2, 0.25) is 0 Å². The summed E-state index contributed by atoms with van der Waals surface area (Å²) < 4.78 is 0. The summed E-state index contributed by atoms with van der Waals surface area (Å²) in [5.74, 6) is 0.683. The smallest absolute Gasteiger partial charge is 0.158 e. The van der Waals surface area contributed by atoms with E-state index in [1.54, 1.807) is 6.08 Å². The molecule has 1 saturated carbocycles. The Labute approximate surface area is 127 Å². The van der Waals surface area contributed by atoms with E-state index < -0.39 is 0 Å². The van der Waals surface area contributed by atoms with Crippen molar-refractivity contribution in [3.8, 4) is 0 Å². The molecule has 2 heteroatoms. The van der Waals surface area contributed by atoms with Crippen LogP contribution in [0.15, 0.2) is 42.5 Å². The van der Waals surface area contributed by atoms with Crippen LogP contribution in [0, 0.1) is 5.92 Å². The predicted octanol–water partition coefficient (Wildman–Crippen LogP) is 4.45. The number of hydrogen-bond acceptors (Lipinski definition) is 2. The summed E-state index contributed by atoms with van der Waals surface area (Å²) in [6.07, 6.45) is 11.6. The van der Waals surface area contributed by atoms with Crippen molar-refractivity contribution in [2.75, 3.05) is 0 Å². The third kappa shape index (κ3) is 4.96. The zero-order valence-electron chi connectivity index (χ0n) is 12.5. The topological polar surface area (TPSA) is 34.1 Å². The van der Waals surface area contributed by atoms with Crippen LogP contribution in [0.3, 0.4) is 0 Å². The maximum Gasteiger partial charge on any atom is 0.158 e. The number of carbonyl (C=O) groups excluding carboxylic acids is 2. The number of carbonyl (C=O) groups is 2. The largest absolute Gasteiger partial charge is 0.303 e. The predicted molar refractivity (Wildman–Crippen MR) is 85.2 cm³/mol. The van der Waals surface area contributed by atoms with Gasteiger partial charge in [-0.25, -0.2) is 0 Å². The molecule has 1 atom stereocenters. The molecule has 0 aliphatic heterocycles. The van der Waals surface area contributed by atoms with Crippen LogP contribution in [0.4, 0.5) is 0 Å². The van der Waals surface area contributed by atoms with Gasteiger partial charge in [0.15, 0.2) is 5.78 Å². The molecule has 0 saturated heterocycles. The van der Waals surface area contributed by atoms with E-state index in [2.05, 4.69) is 0 Å². The summed E-state index contributed by atoms with van der Waals surface area (Å²) in [5.41, 5.74) is 1.17. The van der Waals surface area contributed by atoms with Gasteiger partial charge in [0.05, 0.1) is 0 Å².